The van der Waals surface area contributed by atoms with Crippen LogP contribution >= 0.6 is 0 Å². The summed E-state index contributed by atoms with van der Waals surface area (Å²) in [5, 5.41) is 2.80. The predicted molar refractivity (Wildman–Crippen MR) is 119 cm³/mol. The maximum Gasteiger partial charge on any atom is 0.429 e. The maximum absolute atomic E-state index is 12.7. The molecule has 1 aromatic carbocycles. The molecule has 0 bridgehead atoms. The zero-order valence-corrected chi connectivity index (χ0v) is 18.9. The average molecular weight is 417 g/mol. The summed E-state index contributed by atoms with van der Waals surface area (Å²) in [6.45, 7) is 12.5. The number of ether oxygens (including phenoxy) is 2. The van der Waals surface area contributed by atoms with Crippen molar-refractivity contribution in [3.05, 3.63) is 42.0 Å². The Balaban J connectivity index is 2.27. The smallest absolute Gasteiger partial charge is 0.429 e. The van der Waals surface area contributed by atoms with Crippen molar-refractivity contribution in [3.63, 3.8) is 0 Å². The van der Waals surface area contributed by atoms with Gasteiger partial charge in [-0.25, -0.2) is 19.6 Å². The van der Waals surface area contributed by atoms with Crippen LogP contribution in [0.1, 0.15) is 70.4 Å². The van der Waals surface area contributed by atoms with Crippen LogP contribution in [0.3, 0.4) is 0 Å². The van der Waals surface area contributed by atoms with Crippen molar-refractivity contribution in [3.8, 4) is 0 Å². The summed E-state index contributed by atoms with van der Waals surface area (Å²) < 4.78 is 10.5. The van der Waals surface area contributed by atoms with Crippen molar-refractivity contribution in [2.45, 2.75) is 78.3 Å². The Bertz CT molecular complexity index is 716. The number of carbonyl (C=O) groups is 2. The van der Waals surface area contributed by atoms with Crippen molar-refractivity contribution in [1.29, 1.82) is 0 Å². The van der Waals surface area contributed by atoms with Gasteiger partial charge >= 0.3 is 12.2 Å². The van der Waals surface area contributed by atoms with E-state index in [-0.39, 0.29) is 25.3 Å². The van der Waals surface area contributed by atoms with Crippen LogP contribution in [0, 0.1) is 6.92 Å². The lowest BCUT2D eigenvalue weighted by Gasteiger charge is -2.55. The van der Waals surface area contributed by atoms with E-state index >= 15 is 0 Å². The first-order chi connectivity index (χ1) is 14.5. The van der Waals surface area contributed by atoms with E-state index in [1.165, 1.54) is 29.3 Å². The lowest BCUT2D eigenvalue weighted by molar-refractivity contribution is -0.147. The number of benzene rings is 1. The van der Waals surface area contributed by atoms with E-state index in [4.69, 9.17) is 9.47 Å². The Kier molecular flexibility index (Phi) is 9.21. The minimum absolute atomic E-state index is 0.177. The minimum Gasteiger partial charge on any atom is -0.448 e. The van der Waals surface area contributed by atoms with E-state index in [9.17, 15) is 9.59 Å². The highest BCUT2D eigenvalue weighted by atomic mass is 16.6. The fourth-order valence-corrected chi connectivity index (χ4v) is 3.88. The molecule has 0 spiro atoms. The van der Waals surface area contributed by atoms with Crippen LogP contribution < -0.4 is 0 Å². The topological polar surface area (TPSA) is 59.1 Å². The lowest BCUT2D eigenvalue weighted by Crippen LogP contribution is -2.74. The fourth-order valence-electron chi connectivity index (χ4n) is 3.88. The number of hydrogen-bond acceptors (Lipinski definition) is 4. The van der Waals surface area contributed by atoms with Gasteiger partial charge in [-0.1, -0.05) is 75.4 Å². The van der Waals surface area contributed by atoms with Crippen LogP contribution in [-0.4, -0.2) is 47.5 Å². The van der Waals surface area contributed by atoms with Gasteiger partial charge in [-0.2, -0.15) is 0 Å². The first-order valence-corrected chi connectivity index (χ1v) is 11.1. The molecule has 2 atom stereocenters. The largest absolute Gasteiger partial charge is 0.448 e. The molecular weight excluding hydrogens is 380 g/mol. The molecular formula is C24H36N2O4. The van der Waals surface area contributed by atoms with Gasteiger partial charge in [0.25, 0.3) is 0 Å². The summed E-state index contributed by atoms with van der Waals surface area (Å²) >= 11 is 0. The number of nitrogens with zero attached hydrogens (tertiary/aromatic N) is 2. The number of amides is 2. The Morgan fingerprint density at radius 2 is 1.47 bits per heavy atom. The van der Waals surface area contributed by atoms with Gasteiger partial charge in [-0.05, 0) is 38.3 Å². The van der Waals surface area contributed by atoms with Crippen molar-refractivity contribution >= 4 is 17.8 Å². The number of aryl methyl sites for hydroxylation is 1. The zero-order valence-electron chi connectivity index (χ0n) is 18.9. The molecule has 30 heavy (non-hydrogen) atoms. The third-order valence-electron chi connectivity index (χ3n) is 5.47. The predicted octanol–water partition coefficient (Wildman–Crippen LogP) is 5.95. The summed E-state index contributed by atoms with van der Waals surface area (Å²) in [5.41, 5.74) is 2.92. The van der Waals surface area contributed by atoms with Gasteiger partial charge in [-0.15, -0.1) is 0 Å². The molecule has 6 heteroatoms. The van der Waals surface area contributed by atoms with Gasteiger partial charge in [0.05, 0.1) is 19.3 Å². The molecule has 2 amide bonds. The summed E-state index contributed by atoms with van der Waals surface area (Å²) in [7, 11) is 0. The fraction of sp³-hybridized carbons (Fsp3) is 0.583. The zero-order chi connectivity index (χ0) is 22.1. The summed E-state index contributed by atoms with van der Waals surface area (Å²) in [6.07, 6.45) is 5.37. The Morgan fingerprint density at radius 3 is 2.03 bits per heavy atom. The first-order valence-electron chi connectivity index (χ1n) is 11.1. The molecule has 0 radical (unpaired) electrons. The summed E-state index contributed by atoms with van der Waals surface area (Å²) in [6, 6.07) is 7.55. The molecule has 1 heterocycles. The van der Waals surface area contributed by atoms with Crippen molar-refractivity contribution < 1.29 is 19.1 Å². The maximum atomic E-state index is 12.7. The third kappa shape index (κ3) is 5.55. The number of hydrazine groups is 1. The first kappa shape index (κ1) is 23.8. The Labute approximate surface area is 180 Å². The van der Waals surface area contributed by atoms with Gasteiger partial charge in [0.1, 0.15) is 6.04 Å². The summed E-state index contributed by atoms with van der Waals surface area (Å²) in [5.74, 6) is 0. The molecule has 0 aliphatic carbocycles. The van der Waals surface area contributed by atoms with Crippen LogP contribution in [0.4, 0.5) is 9.59 Å². The summed E-state index contributed by atoms with van der Waals surface area (Å²) in [4.78, 5) is 25.4. The molecule has 6 nitrogen and oxygen atoms in total. The van der Waals surface area contributed by atoms with Gasteiger partial charge in [0.2, 0.25) is 0 Å². The Hall–Kier alpha value is -2.50. The molecule has 0 N–H and O–H groups in total. The van der Waals surface area contributed by atoms with Crippen molar-refractivity contribution in [2.24, 2.45) is 0 Å². The van der Waals surface area contributed by atoms with Crippen molar-refractivity contribution in [1.82, 2.24) is 10.0 Å². The van der Waals surface area contributed by atoms with Gasteiger partial charge in [-0.3, -0.25) is 0 Å². The van der Waals surface area contributed by atoms with Crippen molar-refractivity contribution in [2.75, 3.05) is 13.2 Å². The molecule has 2 rings (SSSR count). The van der Waals surface area contributed by atoms with E-state index in [1.54, 1.807) is 13.8 Å². The average Bonchev–Trinajstić information content (AvgIpc) is 2.70. The minimum atomic E-state index is -0.550. The SMILES string of the molecule is C=C(c1ccc(C)cc1)[C@H]1[C@H](CCCCCCC)N(C(=O)OCC)N1C(=O)OCC. The Morgan fingerprint density at radius 1 is 0.900 bits per heavy atom. The second-order valence-electron chi connectivity index (χ2n) is 7.69. The second kappa shape index (κ2) is 11.6. The quantitative estimate of drug-likeness (QED) is 0.442. The van der Waals surface area contributed by atoms with E-state index in [1.807, 2.05) is 31.2 Å². The highest BCUT2D eigenvalue weighted by Gasteiger charge is 2.54. The lowest BCUT2D eigenvalue weighted by atomic mass is 9.86. The number of hydrogen-bond donors (Lipinski definition) is 0. The molecule has 1 aliphatic heterocycles. The molecule has 0 aromatic heterocycles. The monoisotopic (exact) mass is 416 g/mol. The van der Waals surface area contributed by atoms with Crippen LogP contribution in [0.15, 0.2) is 30.8 Å². The van der Waals surface area contributed by atoms with Gasteiger partial charge < -0.3 is 9.47 Å². The van der Waals surface area contributed by atoms with E-state index in [0.29, 0.717) is 0 Å². The van der Waals surface area contributed by atoms with Crippen LogP contribution in [0.25, 0.3) is 5.57 Å². The van der Waals surface area contributed by atoms with Crippen LogP contribution in [0.5, 0.6) is 0 Å². The van der Waals surface area contributed by atoms with E-state index < -0.39 is 12.2 Å². The number of unbranched alkanes of at least 4 members (excludes halogenated alkanes) is 4. The molecule has 166 valence electrons. The number of carbonyl (C=O) groups excluding carboxylic acids is 2. The third-order valence-corrected chi connectivity index (χ3v) is 5.47. The van der Waals surface area contributed by atoms with Crippen LogP contribution in [-0.2, 0) is 9.47 Å². The molecule has 1 aromatic rings. The highest BCUT2D eigenvalue weighted by molar-refractivity contribution is 5.82. The number of rotatable bonds is 10. The van der Waals surface area contributed by atoms with Gasteiger partial charge in [0.15, 0.2) is 0 Å². The van der Waals surface area contributed by atoms with E-state index in [0.717, 1.165) is 36.0 Å². The molecule has 0 saturated carbocycles. The highest BCUT2D eigenvalue weighted by Crippen LogP contribution is 2.39. The molecule has 0 unspecified atom stereocenters. The van der Waals surface area contributed by atoms with Crippen LogP contribution in [0.2, 0.25) is 0 Å². The standard InChI is InChI=1S/C24H36N2O4/c1-6-9-10-11-12-13-21-22(19(5)20-16-14-18(4)15-17-20)26(24(28)30-8-3)25(21)23(27)29-7-2/h14-17,21-22H,5-13H2,1-4H3/t21-,22-/m0/s1. The van der Waals surface area contributed by atoms with Gasteiger partial charge in [0, 0.05) is 0 Å². The van der Waals surface area contributed by atoms with E-state index in [2.05, 4.69) is 13.5 Å². The molecule has 1 fully saturated rings. The normalized spacial score (nSPS) is 18.0. The molecule has 1 aliphatic rings. The molecule has 1 saturated heterocycles. The second-order valence-corrected chi connectivity index (χ2v) is 7.69.